The van der Waals surface area contributed by atoms with E-state index in [4.69, 9.17) is 4.74 Å². The van der Waals surface area contributed by atoms with Crippen molar-refractivity contribution in [3.63, 3.8) is 0 Å². The molecule has 1 rings (SSSR count). The van der Waals surface area contributed by atoms with E-state index in [0.29, 0.717) is 12.5 Å². The van der Waals surface area contributed by atoms with Crippen LogP contribution < -0.4 is 4.74 Å². The number of aryl methyl sites for hydroxylation is 1. The molecule has 0 radical (unpaired) electrons. The van der Waals surface area contributed by atoms with Crippen LogP contribution in [0.3, 0.4) is 0 Å². The van der Waals surface area contributed by atoms with E-state index in [0.717, 1.165) is 10.2 Å². The maximum atomic E-state index is 5.22. The van der Waals surface area contributed by atoms with Crippen LogP contribution in [0, 0.1) is 6.92 Å². The van der Waals surface area contributed by atoms with Crippen molar-refractivity contribution in [2.75, 3.05) is 6.61 Å². The molecule has 0 aliphatic heterocycles. The minimum absolute atomic E-state index is 0.611. The third kappa shape index (κ3) is 1.89. The minimum atomic E-state index is 0.611. The van der Waals surface area contributed by atoms with Crippen LogP contribution in [0.25, 0.3) is 0 Å². The Hall–Kier alpha value is -0.640. The van der Waals surface area contributed by atoms with Gasteiger partial charge in [-0.15, -0.1) is 0 Å². The van der Waals surface area contributed by atoms with Crippen LogP contribution in [0.15, 0.2) is 10.8 Å². The van der Waals surface area contributed by atoms with E-state index >= 15 is 0 Å². The molecule has 0 aromatic carbocycles. The van der Waals surface area contributed by atoms with Gasteiger partial charge >= 0.3 is 0 Å². The van der Waals surface area contributed by atoms with E-state index in [1.807, 2.05) is 13.8 Å². The fraction of sp³-hybridized carbons (Fsp3) is 0.429. The first kappa shape index (κ1) is 8.46. The first-order valence-electron chi connectivity index (χ1n) is 3.35. The summed E-state index contributed by atoms with van der Waals surface area (Å²) in [4.78, 5) is 7.93. The molecule has 1 heterocycles. The van der Waals surface area contributed by atoms with Crippen molar-refractivity contribution >= 4 is 15.9 Å². The maximum Gasteiger partial charge on any atom is 0.231 e. The van der Waals surface area contributed by atoms with Crippen molar-refractivity contribution in [2.45, 2.75) is 13.8 Å². The fourth-order valence-corrected chi connectivity index (χ4v) is 0.993. The Labute approximate surface area is 73.9 Å². The van der Waals surface area contributed by atoms with E-state index in [2.05, 4.69) is 25.9 Å². The molecule has 0 amide bonds. The lowest BCUT2D eigenvalue weighted by atomic mass is 10.4. The summed E-state index contributed by atoms with van der Waals surface area (Å²) >= 11 is 3.33. The zero-order valence-corrected chi connectivity index (χ0v) is 8.05. The Morgan fingerprint density at radius 1 is 1.55 bits per heavy atom. The van der Waals surface area contributed by atoms with Crippen molar-refractivity contribution in [1.29, 1.82) is 0 Å². The van der Waals surface area contributed by atoms with E-state index in [1.165, 1.54) is 6.33 Å². The van der Waals surface area contributed by atoms with Gasteiger partial charge in [0.05, 0.1) is 12.3 Å². The highest BCUT2D eigenvalue weighted by atomic mass is 79.9. The molecule has 0 atom stereocenters. The SMILES string of the molecule is CCOc1ncnc(C)c1Br. The summed E-state index contributed by atoms with van der Waals surface area (Å²) in [5.41, 5.74) is 0.892. The molecule has 1 aromatic heterocycles. The fourth-order valence-electron chi connectivity index (χ4n) is 0.673. The second-order valence-corrected chi connectivity index (χ2v) is 2.80. The Morgan fingerprint density at radius 2 is 2.27 bits per heavy atom. The molecule has 11 heavy (non-hydrogen) atoms. The van der Waals surface area contributed by atoms with Gasteiger partial charge in [0.15, 0.2) is 0 Å². The van der Waals surface area contributed by atoms with Crippen LogP contribution >= 0.6 is 15.9 Å². The van der Waals surface area contributed by atoms with Gasteiger partial charge in [0.25, 0.3) is 0 Å². The van der Waals surface area contributed by atoms with Crippen molar-refractivity contribution in [3.8, 4) is 5.88 Å². The summed E-state index contributed by atoms with van der Waals surface area (Å²) in [5, 5.41) is 0. The van der Waals surface area contributed by atoms with Gasteiger partial charge in [-0.05, 0) is 29.8 Å². The number of rotatable bonds is 2. The normalized spacial score (nSPS) is 9.73. The average Bonchev–Trinajstić information content (AvgIpc) is 1.99. The summed E-state index contributed by atoms with van der Waals surface area (Å²) in [6, 6.07) is 0. The first-order valence-corrected chi connectivity index (χ1v) is 4.15. The highest BCUT2D eigenvalue weighted by Crippen LogP contribution is 2.23. The molecule has 0 aliphatic carbocycles. The third-order valence-corrected chi connectivity index (χ3v) is 2.13. The van der Waals surface area contributed by atoms with Gasteiger partial charge in [-0.2, -0.15) is 0 Å². The van der Waals surface area contributed by atoms with Gasteiger partial charge in [0.1, 0.15) is 10.8 Å². The predicted octanol–water partition coefficient (Wildman–Crippen LogP) is 1.95. The minimum Gasteiger partial charge on any atom is -0.477 e. The summed E-state index contributed by atoms with van der Waals surface area (Å²) in [7, 11) is 0. The summed E-state index contributed by atoms with van der Waals surface area (Å²) < 4.78 is 6.05. The highest BCUT2D eigenvalue weighted by molar-refractivity contribution is 9.10. The van der Waals surface area contributed by atoms with Gasteiger partial charge < -0.3 is 4.74 Å². The Bertz CT molecular complexity index is 252. The zero-order chi connectivity index (χ0) is 8.27. The molecular formula is C7H9BrN2O. The number of nitrogens with zero attached hydrogens (tertiary/aromatic N) is 2. The lowest BCUT2D eigenvalue weighted by Crippen LogP contribution is -1.97. The van der Waals surface area contributed by atoms with Crippen molar-refractivity contribution in [1.82, 2.24) is 9.97 Å². The van der Waals surface area contributed by atoms with E-state index in [-0.39, 0.29) is 0 Å². The molecule has 1 aromatic rings. The topological polar surface area (TPSA) is 35.0 Å². The first-order chi connectivity index (χ1) is 5.25. The molecule has 0 unspecified atom stereocenters. The molecule has 4 heteroatoms. The molecule has 0 aliphatic rings. The van der Waals surface area contributed by atoms with Crippen molar-refractivity contribution < 1.29 is 4.74 Å². The van der Waals surface area contributed by atoms with Crippen molar-refractivity contribution in [2.24, 2.45) is 0 Å². The number of hydrogen-bond donors (Lipinski definition) is 0. The Kier molecular flexibility index (Phi) is 2.82. The molecular weight excluding hydrogens is 208 g/mol. The maximum absolute atomic E-state index is 5.22. The lowest BCUT2D eigenvalue weighted by Gasteiger charge is -2.04. The molecule has 0 saturated carbocycles. The molecule has 0 N–H and O–H groups in total. The average molecular weight is 217 g/mol. The molecule has 3 nitrogen and oxygen atoms in total. The summed E-state index contributed by atoms with van der Waals surface area (Å²) in [5.74, 6) is 0.611. The van der Waals surface area contributed by atoms with E-state index in [1.54, 1.807) is 0 Å². The lowest BCUT2D eigenvalue weighted by molar-refractivity contribution is 0.323. The van der Waals surface area contributed by atoms with Crippen molar-refractivity contribution in [3.05, 3.63) is 16.5 Å². The Morgan fingerprint density at radius 3 is 2.91 bits per heavy atom. The number of halogens is 1. The monoisotopic (exact) mass is 216 g/mol. The largest absolute Gasteiger partial charge is 0.477 e. The second-order valence-electron chi connectivity index (χ2n) is 2.01. The molecule has 0 spiro atoms. The number of aromatic nitrogens is 2. The van der Waals surface area contributed by atoms with Gasteiger partial charge in [0.2, 0.25) is 5.88 Å². The number of ether oxygens (including phenoxy) is 1. The van der Waals surface area contributed by atoms with Gasteiger partial charge in [0, 0.05) is 0 Å². The molecule has 0 fully saturated rings. The predicted molar refractivity (Wildman–Crippen MR) is 45.6 cm³/mol. The zero-order valence-electron chi connectivity index (χ0n) is 6.47. The molecule has 0 bridgehead atoms. The van der Waals surface area contributed by atoms with Gasteiger partial charge in [-0.3, -0.25) is 0 Å². The quantitative estimate of drug-likeness (QED) is 0.759. The van der Waals surface area contributed by atoms with Gasteiger partial charge in [-0.1, -0.05) is 0 Å². The van der Waals surface area contributed by atoms with Crippen LogP contribution in [0.4, 0.5) is 0 Å². The second kappa shape index (κ2) is 3.67. The molecule has 0 saturated heterocycles. The van der Waals surface area contributed by atoms with Gasteiger partial charge in [-0.25, -0.2) is 9.97 Å². The van der Waals surface area contributed by atoms with E-state index < -0.39 is 0 Å². The standard InChI is InChI=1S/C7H9BrN2O/c1-3-11-7-6(8)5(2)9-4-10-7/h4H,3H2,1-2H3. The Balaban J connectivity index is 2.96. The van der Waals surface area contributed by atoms with Crippen LogP contribution in [-0.4, -0.2) is 16.6 Å². The smallest absolute Gasteiger partial charge is 0.231 e. The molecule has 60 valence electrons. The van der Waals surface area contributed by atoms with Crippen LogP contribution in [0.2, 0.25) is 0 Å². The number of hydrogen-bond acceptors (Lipinski definition) is 3. The van der Waals surface area contributed by atoms with Crippen LogP contribution in [0.5, 0.6) is 5.88 Å². The van der Waals surface area contributed by atoms with Crippen LogP contribution in [-0.2, 0) is 0 Å². The van der Waals surface area contributed by atoms with Crippen LogP contribution in [0.1, 0.15) is 12.6 Å². The summed E-state index contributed by atoms with van der Waals surface area (Å²) in [6.45, 7) is 4.44. The summed E-state index contributed by atoms with van der Waals surface area (Å²) in [6.07, 6.45) is 1.49. The van der Waals surface area contributed by atoms with E-state index in [9.17, 15) is 0 Å². The third-order valence-electron chi connectivity index (χ3n) is 1.21. The highest BCUT2D eigenvalue weighted by Gasteiger charge is 2.04.